The number of rotatable bonds is 9. The fourth-order valence-corrected chi connectivity index (χ4v) is 6.66. The van der Waals surface area contributed by atoms with Crippen LogP contribution < -0.4 is 10.2 Å². The van der Waals surface area contributed by atoms with Gasteiger partial charge in [0.1, 0.15) is 0 Å². The van der Waals surface area contributed by atoms with Crippen LogP contribution in [0.2, 0.25) is 0 Å². The molecule has 0 radical (unpaired) electrons. The van der Waals surface area contributed by atoms with Crippen molar-refractivity contribution in [1.82, 2.24) is 10.2 Å². The van der Waals surface area contributed by atoms with Gasteiger partial charge in [0.15, 0.2) is 0 Å². The summed E-state index contributed by atoms with van der Waals surface area (Å²) < 4.78 is 42.5. The summed E-state index contributed by atoms with van der Waals surface area (Å²) in [6.45, 7) is 3.71. The van der Waals surface area contributed by atoms with Crippen molar-refractivity contribution in [3.8, 4) is 0 Å². The minimum absolute atomic E-state index is 0.120. The second-order valence-electron chi connectivity index (χ2n) is 10.4. The number of amides is 2. The highest BCUT2D eigenvalue weighted by Gasteiger charge is 2.45. The Kier molecular flexibility index (Phi) is 8.21. The number of halogens is 3. The molecule has 9 heteroatoms. The summed E-state index contributed by atoms with van der Waals surface area (Å²) in [5.41, 5.74) is 0.908. The number of alkyl halides is 3. The molecule has 1 saturated carbocycles. The molecule has 2 atom stereocenters. The number of piperidine rings is 1. The predicted molar refractivity (Wildman–Crippen MR) is 142 cm³/mol. The number of nitrogens with zero attached hydrogens (tertiary/aromatic N) is 2. The van der Waals surface area contributed by atoms with E-state index in [1.54, 1.807) is 12.1 Å². The Labute approximate surface area is 226 Å². The van der Waals surface area contributed by atoms with Gasteiger partial charge in [0.25, 0.3) is 0 Å². The fraction of sp³-hybridized carbons (Fsp3) is 0.517. The van der Waals surface area contributed by atoms with Crippen LogP contribution in [0, 0.1) is 5.92 Å². The molecule has 0 spiro atoms. The first-order valence-electron chi connectivity index (χ1n) is 13.6. The third-order valence-corrected chi connectivity index (χ3v) is 8.86. The standard InChI is InChI=1S/C29H34F3N3O2S/c30-29(31,32)23-18-20(21-19-22(21)28(37)33-13-7-17-35-16-6-10-27(35)36)11-12-25(23)38-26-9-3-2-8-24(26)34-14-4-1-5-15-34/h2-3,8-9,11-12,18,21-22H,1,4-7,10,13-17,19H2,(H,33,37)/t21-,22+/m0/s1. The van der Waals surface area contributed by atoms with E-state index in [2.05, 4.69) is 10.2 Å². The molecule has 2 aromatic carbocycles. The summed E-state index contributed by atoms with van der Waals surface area (Å²) in [5.74, 6) is -0.459. The second kappa shape index (κ2) is 11.6. The maximum absolute atomic E-state index is 14.2. The largest absolute Gasteiger partial charge is 0.417 e. The number of para-hydroxylation sites is 1. The van der Waals surface area contributed by atoms with Gasteiger partial charge in [-0.25, -0.2) is 0 Å². The van der Waals surface area contributed by atoms with E-state index in [1.807, 2.05) is 29.2 Å². The van der Waals surface area contributed by atoms with E-state index < -0.39 is 11.7 Å². The zero-order valence-corrected chi connectivity index (χ0v) is 22.3. The van der Waals surface area contributed by atoms with Gasteiger partial charge in [-0.2, -0.15) is 13.2 Å². The Bertz CT molecular complexity index is 1170. The maximum Gasteiger partial charge on any atom is 0.417 e. The third-order valence-electron chi connectivity index (χ3n) is 7.72. The van der Waals surface area contributed by atoms with Crippen LogP contribution >= 0.6 is 11.8 Å². The Morgan fingerprint density at radius 2 is 1.79 bits per heavy atom. The van der Waals surface area contributed by atoms with Gasteiger partial charge in [-0.15, -0.1) is 0 Å². The van der Waals surface area contributed by atoms with Crippen LogP contribution in [0.3, 0.4) is 0 Å². The van der Waals surface area contributed by atoms with Crippen molar-refractivity contribution in [2.24, 2.45) is 5.92 Å². The molecule has 5 nitrogen and oxygen atoms in total. The SMILES string of the molecule is O=C(NCCCN1CCCC1=O)[C@@H]1C[C@H]1c1ccc(Sc2ccccc2N2CCCCC2)c(C(F)(F)F)c1. The highest BCUT2D eigenvalue weighted by molar-refractivity contribution is 7.99. The quantitative estimate of drug-likeness (QED) is 0.388. The van der Waals surface area contributed by atoms with E-state index >= 15 is 0 Å². The number of carbonyl (C=O) groups is 2. The Balaban J connectivity index is 1.23. The molecule has 2 heterocycles. The van der Waals surface area contributed by atoms with Crippen molar-refractivity contribution in [2.45, 2.75) is 66.8 Å². The molecular weight excluding hydrogens is 511 g/mol. The van der Waals surface area contributed by atoms with Crippen LogP contribution in [0.1, 0.15) is 62.0 Å². The zero-order valence-electron chi connectivity index (χ0n) is 21.4. The van der Waals surface area contributed by atoms with Crippen molar-refractivity contribution in [3.05, 3.63) is 53.6 Å². The summed E-state index contributed by atoms with van der Waals surface area (Å²) in [7, 11) is 0. The number of nitrogens with one attached hydrogen (secondary N) is 1. The third kappa shape index (κ3) is 6.30. The minimum Gasteiger partial charge on any atom is -0.371 e. The number of hydrogen-bond donors (Lipinski definition) is 1. The first-order valence-corrected chi connectivity index (χ1v) is 14.4. The molecule has 38 heavy (non-hydrogen) atoms. The molecule has 204 valence electrons. The molecule has 1 aliphatic carbocycles. The van der Waals surface area contributed by atoms with E-state index in [-0.39, 0.29) is 28.5 Å². The summed E-state index contributed by atoms with van der Waals surface area (Å²) in [4.78, 5) is 29.4. The van der Waals surface area contributed by atoms with Crippen LogP contribution in [0.15, 0.2) is 52.3 Å². The second-order valence-corrected chi connectivity index (χ2v) is 11.5. The van der Waals surface area contributed by atoms with Gasteiger partial charge >= 0.3 is 6.18 Å². The number of anilines is 1. The zero-order chi connectivity index (χ0) is 26.7. The van der Waals surface area contributed by atoms with Gasteiger partial charge in [0.2, 0.25) is 11.8 Å². The molecule has 2 aliphatic heterocycles. The topological polar surface area (TPSA) is 52.7 Å². The van der Waals surface area contributed by atoms with Gasteiger partial charge < -0.3 is 15.1 Å². The van der Waals surface area contributed by atoms with E-state index in [4.69, 9.17) is 0 Å². The van der Waals surface area contributed by atoms with Crippen molar-refractivity contribution < 1.29 is 22.8 Å². The normalized spacial score (nSPS) is 21.6. The van der Waals surface area contributed by atoms with Crippen LogP contribution in [0.4, 0.5) is 18.9 Å². The number of benzene rings is 2. The van der Waals surface area contributed by atoms with Crippen molar-refractivity contribution in [3.63, 3.8) is 0 Å². The summed E-state index contributed by atoms with van der Waals surface area (Å²) in [6.07, 6.45) is 1.60. The minimum atomic E-state index is -4.49. The van der Waals surface area contributed by atoms with Crippen molar-refractivity contribution in [2.75, 3.05) is 37.6 Å². The molecule has 2 amide bonds. The van der Waals surface area contributed by atoms with E-state index in [1.165, 1.54) is 12.5 Å². The highest BCUT2D eigenvalue weighted by atomic mass is 32.2. The average Bonchev–Trinajstić information content (AvgIpc) is 3.61. The van der Waals surface area contributed by atoms with Crippen LogP contribution in [-0.4, -0.2) is 49.4 Å². The number of hydrogen-bond acceptors (Lipinski definition) is 4. The maximum atomic E-state index is 14.2. The predicted octanol–water partition coefficient (Wildman–Crippen LogP) is 6.08. The molecular formula is C29H34F3N3O2S. The first kappa shape index (κ1) is 26.9. The van der Waals surface area contributed by atoms with Gasteiger partial charge in [0, 0.05) is 54.9 Å². The number of likely N-dealkylation sites (tertiary alicyclic amines) is 1. The molecule has 5 rings (SSSR count). The molecule has 1 N–H and O–H groups in total. The monoisotopic (exact) mass is 545 g/mol. The molecule has 2 aromatic rings. The Morgan fingerprint density at radius 3 is 2.53 bits per heavy atom. The smallest absolute Gasteiger partial charge is 0.371 e. The summed E-state index contributed by atoms with van der Waals surface area (Å²) >= 11 is 1.16. The van der Waals surface area contributed by atoms with E-state index in [0.717, 1.165) is 61.2 Å². The number of carbonyl (C=O) groups excluding carboxylic acids is 2. The highest BCUT2D eigenvalue weighted by Crippen LogP contribution is 2.50. The molecule has 3 aliphatic rings. The Hall–Kier alpha value is -2.68. The van der Waals surface area contributed by atoms with Crippen LogP contribution in [0.5, 0.6) is 0 Å². The lowest BCUT2D eigenvalue weighted by atomic mass is 10.0. The van der Waals surface area contributed by atoms with Crippen molar-refractivity contribution in [1.29, 1.82) is 0 Å². The summed E-state index contributed by atoms with van der Waals surface area (Å²) in [6, 6.07) is 12.2. The van der Waals surface area contributed by atoms with Gasteiger partial charge in [0.05, 0.1) is 11.3 Å². The fourth-order valence-electron chi connectivity index (χ4n) is 5.55. The molecule has 3 fully saturated rings. The molecule has 2 saturated heterocycles. The van der Waals surface area contributed by atoms with E-state index in [0.29, 0.717) is 37.9 Å². The van der Waals surface area contributed by atoms with Crippen LogP contribution in [-0.2, 0) is 15.8 Å². The van der Waals surface area contributed by atoms with Gasteiger partial charge in [-0.1, -0.05) is 30.0 Å². The lowest BCUT2D eigenvalue weighted by Crippen LogP contribution is -2.31. The lowest BCUT2D eigenvalue weighted by Gasteiger charge is -2.30. The molecule has 0 bridgehead atoms. The van der Waals surface area contributed by atoms with Gasteiger partial charge in [-0.05, 0) is 74.3 Å². The summed E-state index contributed by atoms with van der Waals surface area (Å²) in [5, 5.41) is 2.90. The average molecular weight is 546 g/mol. The first-order chi connectivity index (χ1) is 18.3. The van der Waals surface area contributed by atoms with Crippen LogP contribution in [0.25, 0.3) is 0 Å². The molecule has 0 aromatic heterocycles. The van der Waals surface area contributed by atoms with Gasteiger partial charge in [-0.3, -0.25) is 9.59 Å². The Morgan fingerprint density at radius 1 is 1.00 bits per heavy atom. The van der Waals surface area contributed by atoms with Crippen molar-refractivity contribution >= 4 is 29.3 Å². The molecule has 0 unspecified atom stereocenters. The lowest BCUT2D eigenvalue weighted by molar-refractivity contribution is -0.139. The van der Waals surface area contributed by atoms with E-state index in [9.17, 15) is 22.8 Å².